The Labute approximate surface area is 148 Å². The van der Waals surface area contributed by atoms with Crippen molar-refractivity contribution in [2.45, 2.75) is 13.0 Å². The second-order valence-electron chi connectivity index (χ2n) is 6.11. The minimum Gasteiger partial charge on any atom is -0.331 e. The molecule has 0 aliphatic heterocycles. The van der Waals surface area contributed by atoms with Crippen molar-refractivity contribution in [1.29, 1.82) is 0 Å². The number of amides is 2. The number of anilines is 1. The van der Waals surface area contributed by atoms with Gasteiger partial charge < -0.3 is 20.6 Å². The van der Waals surface area contributed by atoms with Crippen LogP contribution in [0.3, 0.4) is 0 Å². The number of carbonyl (C=O) groups excluding carboxylic acids is 1. The monoisotopic (exact) mass is 347 g/mol. The molecule has 4 N–H and O–H groups in total. The number of pyridine rings is 1. The van der Waals surface area contributed by atoms with Crippen molar-refractivity contribution in [3.05, 3.63) is 70.9 Å². The van der Waals surface area contributed by atoms with E-state index in [1.807, 2.05) is 49.4 Å². The number of rotatable bonds is 3. The van der Waals surface area contributed by atoms with Gasteiger partial charge in [-0.25, -0.2) is 9.59 Å². The lowest BCUT2D eigenvalue weighted by atomic mass is 10.1. The molecule has 130 valence electrons. The number of hydrogen-bond acceptors (Lipinski definition) is 3. The van der Waals surface area contributed by atoms with Crippen molar-refractivity contribution in [3.63, 3.8) is 0 Å². The molecule has 1 atom stereocenters. The van der Waals surface area contributed by atoms with Crippen molar-refractivity contribution in [3.8, 4) is 0 Å². The lowest BCUT2D eigenvalue weighted by Crippen LogP contribution is -2.31. The first-order valence-corrected chi connectivity index (χ1v) is 8.22. The predicted molar refractivity (Wildman–Crippen MR) is 101 cm³/mol. The minimum absolute atomic E-state index is 0.227. The Morgan fingerprint density at radius 3 is 2.85 bits per heavy atom. The molecule has 4 aromatic rings. The Balaban J connectivity index is 1.52. The maximum atomic E-state index is 12.4. The van der Waals surface area contributed by atoms with E-state index in [2.05, 4.69) is 25.6 Å². The van der Waals surface area contributed by atoms with E-state index in [0.717, 1.165) is 27.5 Å². The number of nitrogens with one attached hydrogen (secondary N) is 4. The molecule has 0 bridgehead atoms. The van der Waals surface area contributed by atoms with Crippen molar-refractivity contribution in [2.75, 3.05) is 5.32 Å². The Bertz CT molecular complexity index is 1160. The standard InChI is InChI=1S/C19H17N5O2/c1-11(12-5-6-16-17(9-12)24-19(26)23-16)21-18(25)22-15-4-2-3-13-10-20-8-7-14(13)15/h2-11H,1H3,(H2,21,22,25)(H2,23,24,26). The van der Waals surface area contributed by atoms with Crippen LogP contribution in [0.2, 0.25) is 0 Å². The number of H-pyrrole nitrogens is 2. The highest BCUT2D eigenvalue weighted by Crippen LogP contribution is 2.22. The van der Waals surface area contributed by atoms with Crippen molar-refractivity contribution in [1.82, 2.24) is 20.3 Å². The van der Waals surface area contributed by atoms with Crippen LogP contribution < -0.4 is 16.3 Å². The summed E-state index contributed by atoms with van der Waals surface area (Å²) in [4.78, 5) is 33.3. The summed E-state index contributed by atoms with van der Waals surface area (Å²) in [7, 11) is 0. The molecule has 2 aromatic heterocycles. The van der Waals surface area contributed by atoms with Gasteiger partial charge in [-0.3, -0.25) is 4.98 Å². The predicted octanol–water partition coefficient (Wildman–Crippen LogP) is 3.29. The van der Waals surface area contributed by atoms with Crippen LogP contribution in [-0.2, 0) is 0 Å². The molecule has 7 nitrogen and oxygen atoms in total. The van der Waals surface area contributed by atoms with Gasteiger partial charge in [0.05, 0.1) is 22.8 Å². The lowest BCUT2D eigenvalue weighted by molar-refractivity contribution is 0.249. The van der Waals surface area contributed by atoms with E-state index in [0.29, 0.717) is 5.52 Å². The molecule has 2 aromatic carbocycles. The van der Waals surface area contributed by atoms with Gasteiger partial charge in [-0.2, -0.15) is 0 Å². The van der Waals surface area contributed by atoms with Gasteiger partial charge in [0.25, 0.3) is 0 Å². The molecule has 0 saturated carbocycles. The number of carbonyl (C=O) groups is 1. The summed E-state index contributed by atoms with van der Waals surface area (Å²) in [5.74, 6) is 0. The molecule has 0 aliphatic carbocycles. The number of urea groups is 1. The van der Waals surface area contributed by atoms with Gasteiger partial charge in [0.15, 0.2) is 0 Å². The Kier molecular flexibility index (Phi) is 3.89. The Hall–Kier alpha value is -3.61. The molecule has 0 radical (unpaired) electrons. The van der Waals surface area contributed by atoms with E-state index < -0.39 is 0 Å². The Morgan fingerprint density at radius 1 is 1.12 bits per heavy atom. The van der Waals surface area contributed by atoms with Crippen LogP contribution >= 0.6 is 0 Å². The summed E-state index contributed by atoms with van der Waals surface area (Å²) < 4.78 is 0. The van der Waals surface area contributed by atoms with Crippen molar-refractivity contribution >= 4 is 33.5 Å². The van der Waals surface area contributed by atoms with Crippen molar-refractivity contribution in [2.24, 2.45) is 0 Å². The summed E-state index contributed by atoms with van der Waals surface area (Å²) in [6.45, 7) is 1.89. The minimum atomic E-state index is -0.301. The highest BCUT2D eigenvalue weighted by molar-refractivity contribution is 6.01. The van der Waals surface area contributed by atoms with E-state index >= 15 is 0 Å². The summed E-state index contributed by atoms with van der Waals surface area (Å²) >= 11 is 0. The zero-order valence-corrected chi connectivity index (χ0v) is 14.0. The zero-order valence-electron chi connectivity index (χ0n) is 14.0. The smallest absolute Gasteiger partial charge is 0.323 e. The SMILES string of the molecule is CC(NC(=O)Nc1cccc2cnccc12)c1ccc2[nH]c(=O)[nH]c2c1. The summed E-state index contributed by atoms with van der Waals surface area (Å²) in [5, 5.41) is 7.68. The van der Waals surface area contributed by atoms with Crippen LogP contribution in [0.1, 0.15) is 18.5 Å². The molecule has 0 fully saturated rings. The van der Waals surface area contributed by atoms with E-state index in [1.54, 1.807) is 12.4 Å². The van der Waals surface area contributed by atoms with Crippen molar-refractivity contribution < 1.29 is 4.79 Å². The highest BCUT2D eigenvalue weighted by Gasteiger charge is 2.12. The van der Waals surface area contributed by atoms with Gasteiger partial charge in [-0.05, 0) is 36.8 Å². The van der Waals surface area contributed by atoms with E-state index in [-0.39, 0.29) is 17.8 Å². The second-order valence-corrected chi connectivity index (χ2v) is 6.11. The topological polar surface area (TPSA) is 103 Å². The summed E-state index contributed by atoms with van der Waals surface area (Å²) in [5.41, 5.74) is 2.81. The van der Waals surface area contributed by atoms with Crippen LogP contribution in [0, 0.1) is 0 Å². The van der Waals surface area contributed by atoms with Gasteiger partial charge in [0.1, 0.15) is 0 Å². The lowest BCUT2D eigenvalue weighted by Gasteiger charge is -2.16. The van der Waals surface area contributed by atoms with Gasteiger partial charge in [-0.15, -0.1) is 0 Å². The third-order valence-electron chi connectivity index (χ3n) is 4.32. The Morgan fingerprint density at radius 2 is 1.96 bits per heavy atom. The van der Waals surface area contributed by atoms with Gasteiger partial charge in [0, 0.05) is 23.2 Å². The van der Waals surface area contributed by atoms with Crippen LogP contribution in [0.5, 0.6) is 0 Å². The first-order chi connectivity index (χ1) is 12.6. The molecule has 2 amide bonds. The van der Waals surface area contributed by atoms with Gasteiger partial charge >= 0.3 is 11.7 Å². The normalized spacial score (nSPS) is 12.2. The van der Waals surface area contributed by atoms with E-state index in [9.17, 15) is 9.59 Å². The molecule has 0 aliphatic rings. The molecule has 1 unspecified atom stereocenters. The van der Waals surface area contributed by atoms with Crippen LogP contribution in [0.15, 0.2) is 59.7 Å². The molecule has 7 heteroatoms. The fourth-order valence-corrected chi connectivity index (χ4v) is 2.99. The van der Waals surface area contributed by atoms with Crippen LogP contribution in [0.4, 0.5) is 10.5 Å². The average Bonchev–Trinajstić information content (AvgIpc) is 3.01. The summed E-state index contributed by atoms with van der Waals surface area (Å²) in [6.07, 6.45) is 3.45. The zero-order chi connectivity index (χ0) is 18.1. The number of aromatic nitrogens is 3. The maximum absolute atomic E-state index is 12.4. The van der Waals surface area contributed by atoms with E-state index in [1.165, 1.54) is 0 Å². The van der Waals surface area contributed by atoms with E-state index in [4.69, 9.17) is 0 Å². The number of benzene rings is 2. The summed E-state index contributed by atoms with van der Waals surface area (Å²) in [6, 6.07) is 12.5. The number of fused-ring (bicyclic) bond motifs is 2. The number of nitrogens with zero attached hydrogens (tertiary/aromatic N) is 1. The maximum Gasteiger partial charge on any atom is 0.323 e. The molecule has 0 spiro atoms. The van der Waals surface area contributed by atoms with Crippen LogP contribution in [-0.4, -0.2) is 21.0 Å². The second kappa shape index (κ2) is 6.36. The molecule has 0 saturated heterocycles. The third-order valence-corrected chi connectivity index (χ3v) is 4.32. The third kappa shape index (κ3) is 3.02. The van der Waals surface area contributed by atoms with Gasteiger partial charge in [-0.1, -0.05) is 18.2 Å². The molecule has 2 heterocycles. The highest BCUT2D eigenvalue weighted by atomic mass is 16.2. The first kappa shape index (κ1) is 15.9. The molecule has 4 rings (SSSR count). The van der Waals surface area contributed by atoms with Crippen LogP contribution in [0.25, 0.3) is 21.8 Å². The first-order valence-electron chi connectivity index (χ1n) is 8.22. The number of imidazole rings is 1. The fourth-order valence-electron chi connectivity index (χ4n) is 2.99. The molecular weight excluding hydrogens is 330 g/mol. The molecule has 26 heavy (non-hydrogen) atoms. The molecular formula is C19H17N5O2. The largest absolute Gasteiger partial charge is 0.331 e. The fraction of sp³-hybridized carbons (Fsp3) is 0.105. The number of aromatic amines is 2. The number of hydrogen-bond donors (Lipinski definition) is 4. The quantitative estimate of drug-likeness (QED) is 0.457. The average molecular weight is 347 g/mol. The van der Waals surface area contributed by atoms with Gasteiger partial charge in [0.2, 0.25) is 0 Å².